The summed E-state index contributed by atoms with van der Waals surface area (Å²) in [6.45, 7) is 1.64. The van der Waals surface area contributed by atoms with E-state index < -0.39 is 0 Å². The monoisotopic (exact) mass is 326 g/mol. The molecule has 0 bridgehead atoms. The van der Waals surface area contributed by atoms with Crippen LogP contribution < -0.4 is 10.6 Å². The van der Waals surface area contributed by atoms with Gasteiger partial charge in [-0.1, -0.05) is 48.5 Å². The van der Waals surface area contributed by atoms with Gasteiger partial charge < -0.3 is 15.4 Å². The molecule has 1 aliphatic rings. The van der Waals surface area contributed by atoms with Gasteiger partial charge in [-0.05, 0) is 48.7 Å². The first-order valence-corrected chi connectivity index (χ1v) is 8.50. The van der Waals surface area contributed by atoms with Crippen LogP contribution in [0.4, 0.5) is 5.69 Å². The van der Waals surface area contributed by atoms with Crippen molar-refractivity contribution in [2.45, 2.75) is 25.4 Å². The highest BCUT2D eigenvalue weighted by Crippen LogP contribution is 2.19. The summed E-state index contributed by atoms with van der Waals surface area (Å²) >= 11 is 5.42. The third-order valence-electron chi connectivity index (χ3n) is 4.02. The number of rotatable bonds is 5. The second-order valence-electron chi connectivity index (χ2n) is 5.79. The Hall–Kier alpha value is -1.91. The van der Waals surface area contributed by atoms with Crippen molar-refractivity contribution in [3.8, 4) is 0 Å². The Labute approximate surface area is 143 Å². The molecule has 2 N–H and O–H groups in total. The van der Waals surface area contributed by atoms with Gasteiger partial charge in [0.2, 0.25) is 0 Å². The molecule has 1 fully saturated rings. The maximum Gasteiger partial charge on any atom is 0.170 e. The van der Waals surface area contributed by atoms with E-state index in [2.05, 4.69) is 53.1 Å². The van der Waals surface area contributed by atoms with Crippen molar-refractivity contribution in [3.63, 3.8) is 0 Å². The molecular formula is C19H22N2OS. The summed E-state index contributed by atoms with van der Waals surface area (Å²) < 4.78 is 5.61. The molecule has 0 radical (unpaired) electrons. The van der Waals surface area contributed by atoms with Crippen LogP contribution in [0.15, 0.2) is 54.6 Å². The normalized spacial score (nSPS) is 17.0. The number of hydrogen-bond donors (Lipinski definition) is 2. The van der Waals surface area contributed by atoms with Crippen LogP contribution >= 0.6 is 12.2 Å². The van der Waals surface area contributed by atoms with Crippen LogP contribution in [0, 0.1) is 0 Å². The predicted molar refractivity (Wildman–Crippen MR) is 98.9 cm³/mol. The molecular weight excluding hydrogens is 304 g/mol. The molecule has 3 nitrogen and oxygen atoms in total. The second-order valence-corrected chi connectivity index (χ2v) is 6.20. The fraction of sp³-hybridized carbons (Fsp3) is 0.316. The summed E-state index contributed by atoms with van der Waals surface area (Å²) in [5.41, 5.74) is 3.58. The Bertz CT molecular complexity index is 639. The Balaban J connectivity index is 1.59. The Morgan fingerprint density at radius 3 is 2.65 bits per heavy atom. The lowest BCUT2D eigenvalue weighted by atomic mass is 10.0. The standard InChI is InChI=1S/C19H22N2OS/c23-19(20-14-17-10-6-12-22-17)21-18-11-5-4-9-16(18)13-15-7-2-1-3-8-15/h1-5,7-9,11,17H,6,10,12-14H2,(H2,20,21,23)/t17-/m0/s1. The lowest BCUT2D eigenvalue weighted by molar-refractivity contribution is 0.114. The zero-order valence-corrected chi connectivity index (χ0v) is 13.9. The van der Waals surface area contributed by atoms with Gasteiger partial charge in [0.05, 0.1) is 6.10 Å². The minimum absolute atomic E-state index is 0.286. The maximum atomic E-state index is 5.61. The highest BCUT2D eigenvalue weighted by Gasteiger charge is 2.15. The van der Waals surface area contributed by atoms with Crippen LogP contribution in [-0.2, 0) is 11.2 Å². The van der Waals surface area contributed by atoms with Gasteiger partial charge in [-0.2, -0.15) is 0 Å². The first kappa shape index (κ1) is 16.0. The first-order valence-electron chi connectivity index (χ1n) is 8.09. The molecule has 0 amide bonds. The predicted octanol–water partition coefficient (Wildman–Crippen LogP) is 3.74. The fourth-order valence-corrected chi connectivity index (χ4v) is 2.98. The number of benzene rings is 2. The number of nitrogens with one attached hydrogen (secondary N) is 2. The van der Waals surface area contributed by atoms with Crippen LogP contribution in [0.3, 0.4) is 0 Å². The molecule has 120 valence electrons. The molecule has 1 heterocycles. The molecule has 0 spiro atoms. The Kier molecular flexibility index (Phi) is 5.61. The lowest BCUT2D eigenvalue weighted by Gasteiger charge is -2.16. The largest absolute Gasteiger partial charge is 0.376 e. The van der Waals surface area contributed by atoms with Gasteiger partial charge in [-0.25, -0.2) is 0 Å². The van der Waals surface area contributed by atoms with Crippen molar-refractivity contribution in [1.82, 2.24) is 5.32 Å². The smallest absolute Gasteiger partial charge is 0.170 e. The first-order chi connectivity index (χ1) is 11.3. The molecule has 0 aliphatic carbocycles. The van der Waals surface area contributed by atoms with Crippen molar-refractivity contribution in [2.75, 3.05) is 18.5 Å². The van der Waals surface area contributed by atoms with E-state index in [1.165, 1.54) is 11.1 Å². The molecule has 1 aliphatic heterocycles. The molecule has 1 atom stereocenters. The van der Waals surface area contributed by atoms with Crippen LogP contribution in [0.25, 0.3) is 0 Å². The van der Waals surface area contributed by atoms with E-state index in [0.717, 1.165) is 38.1 Å². The summed E-state index contributed by atoms with van der Waals surface area (Å²) in [6.07, 6.45) is 3.43. The zero-order valence-electron chi connectivity index (χ0n) is 13.1. The van der Waals surface area contributed by atoms with Crippen molar-refractivity contribution >= 4 is 23.0 Å². The Morgan fingerprint density at radius 2 is 1.87 bits per heavy atom. The van der Waals surface area contributed by atoms with Gasteiger partial charge in [0.15, 0.2) is 5.11 Å². The second kappa shape index (κ2) is 8.09. The van der Waals surface area contributed by atoms with Crippen molar-refractivity contribution in [2.24, 2.45) is 0 Å². The topological polar surface area (TPSA) is 33.3 Å². The number of anilines is 1. The molecule has 0 saturated carbocycles. The lowest BCUT2D eigenvalue weighted by Crippen LogP contribution is -2.35. The van der Waals surface area contributed by atoms with Gasteiger partial charge >= 0.3 is 0 Å². The quantitative estimate of drug-likeness (QED) is 0.820. The summed E-state index contributed by atoms with van der Waals surface area (Å²) in [4.78, 5) is 0. The van der Waals surface area contributed by atoms with Crippen LogP contribution in [0.5, 0.6) is 0 Å². The van der Waals surface area contributed by atoms with Gasteiger partial charge in [0.25, 0.3) is 0 Å². The van der Waals surface area contributed by atoms with E-state index in [1.807, 2.05) is 12.1 Å². The molecule has 23 heavy (non-hydrogen) atoms. The average molecular weight is 326 g/mol. The summed E-state index contributed by atoms with van der Waals surface area (Å²) in [6, 6.07) is 18.8. The third kappa shape index (κ3) is 4.78. The van der Waals surface area contributed by atoms with E-state index in [4.69, 9.17) is 17.0 Å². The van der Waals surface area contributed by atoms with E-state index in [-0.39, 0.29) is 6.10 Å². The summed E-state index contributed by atoms with van der Waals surface area (Å²) in [7, 11) is 0. The van der Waals surface area contributed by atoms with E-state index in [0.29, 0.717) is 5.11 Å². The molecule has 1 saturated heterocycles. The summed E-state index contributed by atoms with van der Waals surface area (Å²) in [5.74, 6) is 0. The van der Waals surface area contributed by atoms with Crippen molar-refractivity contribution in [3.05, 3.63) is 65.7 Å². The molecule has 3 rings (SSSR count). The van der Waals surface area contributed by atoms with E-state index >= 15 is 0 Å². The van der Waals surface area contributed by atoms with E-state index in [1.54, 1.807) is 0 Å². The van der Waals surface area contributed by atoms with Gasteiger partial charge in [0.1, 0.15) is 0 Å². The minimum Gasteiger partial charge on any atom is -0.376 e. The van der Waals surface area contributed by atoms with Gasteiger partial charge in [-0.3, -0.25) is 0 Å². The minimum atomic E-state index is 0.286. The molecule has 2 aromatic carbocycles. The third-order valence-corrected chi connectivity index (χ3v) is 4.26. The summed E-state index contributed by atoms with van der Waals surface area (Å²) in [5, 5.41) is 7.23. The maximum absolute atomic E-state index is 5.61. The van der Waals surface area contributed by atoms with Gasteiger partial charge in [0, 0.05) is 18.8 Å². The van der Waals surface area contributed by atoms with Crippen molar-refractivity contribution < 1.29 is 4.74 Å². The average Bonchev–Trinajstić information content (AvgIpc) is 3.09. The Morgan fingerprint density at radius 1 is 1.09 bits per heavy atom. The molecule has 0 aromatic heterocycles. The highest BCUT2D eigenvalue weighted by atomic mass is 32.1. The number of thiocarbonyl (C=S) groups is 1. The fourth-order valence-electron chi connectivity index (χ4n) is 2.79. The number of ether oxygens (including phenoxy) is 1. The highest BCUT2D eigenvalue weighted by molar-refractivity contribution is 7.80. The van der Waals surface area contributed by atoms with E-state index in [9.17, 15) is 0 Å². The molecule has 0 unspecified atom stereocenters. The van der Waals surface area contributed by atoms with Crippen LogP contribution in [0.1, 0.15) is 24.0 Å². The van der Waals surface area contributed by atoms with Gasteiger partial charge in [-0.15, -0.1) is 0 Å². The molecule has 4 heteroatoms. The van der Waals surface area contributed by atoms with Crippen LogP contribution in [0.2, 0.25) is 0 Å². The zero-order chi connectivity index (χ0) is 15.9. The molecule has 2 aromatic rings. The number of para-hydroxylation sites is 1. The van der Waals surface area contributed by atoms with Crippen molar-refractivity contribution in [1.29, 1.82) is 0 Å². The van der Waals surface area contributed by atoms with Crippen LogP contribution in [-0.4, -0.2) is 24.4 Å². The SMILES string of the molecule is S=C(NC[C@@H]1CCCO1)Nc1ccccc1Cc1ccccc1. The number of hydrogen-bond acceptors (Lipinski definition) is 2.